The molecule has 5 nitrogen and oxygen atoms in total. The third-order valence-electron chi connectivity index (χ3n) is 1.92. The summed E-state index contributed by atoms with van der Waals surface area (Å²) in [5.41, 5.74) is 0.949. The van der Waals surface area contributed by atoms with Gasteiger partial charge in [-0.3, -0.25) is 4.98 Å². The topological polar surface area (TPSA) is 63.6 Å². The van der Waals surface area contributed by atoms with E-state index in [0.717, 1.165) is 34.0 Å². The van der Waals surface area contributed by atoms with E-state index in [2.05, 4.69) is 24.6 Å². The van der Waals surface area contributed by atoms with Crippen molar-refractivity contribution in [1.82, 2.24) is 19.3 Å². The predicted octanol–water partition coefficient (Wildman–Crippen LogP) is 2.36. The molecule has 2 heterocycles. The Morgan fingerprint density at radius 1 is 1.35 bits per heavy atom. The molecule has 2 aromatic heterocycles. The average molecular weight is 267 g/mol. The zero-order valence-corrected chi connectivity index (χ0v) is 11.3. The van der Waals surface area contributed by atoms with Crippen molar-refractivity contribution in [2.45, 2.75) is 23.9 Å². The van der Waals surface area contributed by atoms with Gasteiger partial charge in [-0.05, 0) is 25.4 Å². The van der Waals surface area contributed by atoms with Gasteiger partial charge in [0.05, 0.1) is 18.1 Å². The second kappa shape index (κ2) is 5.92. The van der Waals surface area contributed by atoms with Crippen molar-refractivity contribution in [3.63, 3.8) is 0 Å². The highest BCUT2D eigenvalue weighted by atomic mass is 32.2. The van der Waals surface area contributed by atoms with E-state index in [-0.39, 0.29) is 0 Å². The van der Waals surface area contributed by atoms with E-state index in [1.54, 1.807) is 24.2 Å². The van der Waals surface area contributed by atoms with Crippen LogP contribution in [0.2, 0.25) is 0 Å². The van der Waals surface area contributed by atoms with Crippen LogP contribution in [0.3, 0.4) is 0 Å². The lowest BCUT2D eigenvalue weighted by atomic mass is 10.5. The van der Waals surface area contributed by atoms with Gasteiger partial charge in [0.15, 0.2) is 4.34 Å². The molecule has 0 bridgehead atoms. The lowest BCUT2D eigenvalue weighted by Crippen LogP contribution is -2.00. The third-order valence-corrected chi connectivity index (χ3v) is 3.87. The van der Waals surface area contributed by atoms with E-state index in [1.165, 1.54) is 11.5 Å². The summed E-state index contributed by atoms with van der Waals surface area (Å²) in [7, 11) is 0. The van der Waals surface area contributed by atoms with Gasteiger partial charge in [-0.15, -0.1) is 0 Å². The fourth-order valence-corrected chi connectivity index (χ4v) is 2.71. The minimum atomic E-state index is 0.772. The maximum Gasteiger partial charge on any atom is 0.170 e. The molecular weight excluding hydrogens is 254 g/mol. The number of hydrogen-bond donors (Lipinski definition) is 1. The van der Waals surface area contributed by atoms with Crippen LogP contribution in [-0.4, -0.2) is 25.9 Å². The van der Waals surface area contributed by atoms with Gasteiger partial charge in [-0.2, -0.15) is 4.37 Å². The van der Waals surface area contributed by atoms with Gasteiger partial charge in [0.1, 0.15) is 11.6 Å². The minimum Gasteiger partial charge on any atom is -0.369 e. The molecule has 0 saturated heterocycles. The number of aromatic nitrogens is 4. The number of hydrogen-bond acceptors (Lipinski definition) is 7. The van der Waals surface area contributed by atoms with Crippen LogP contribution in [0.1, 0.15) is 18.4 Å². The third kappa shape index (κ3) is 3.64. The second-order valence-corrected chi connectivity index (χ2v) is 5.29. The fraction of sp³-hybridized carbons (Fsp3) is 0.400. The van der Waals surface area contributed by atoms with Crippen molar-refractivity contribution in [3.05, 3.63) is 23.9 Å². The monoisotopic (exact) mass is 267 g/mol. The summed E-state index contributed by atoms with van der Waals surface area (Å²) in [6.07, 6.45) is 3.55. The van der Waals surface area contributed by atoms with Gasteiger partial charge in [-0.25, -0.2) is 9.97 Å². The molecule has 0 fully saturated rings. The molecule has 17 heavy (non-hydrogen) atoms. The van der Waals surface area contributed by atoms with E-state index >= 15 is 0 Å². The molecule has 0 amide bonds. The molecule has 2 aromatic rings. The van der Waals surface area contributed by atoms with E-state index < -0.39 is 0 Å². The summed E-state index contributed by atoms with van der Waals surface area (Å²) in [4.78, 5) is 12.9. The van der Waals surface area contributed by atoms with E-state index in [1.807, 2.05) is 13.8 Å². The van der Waals surface area contributed by atoms with E-state index in [4.69, 9.17) is 0 Å². The summed E-state index contributed by atoms with van der Waals surface area (Å²) in [5.74, 6) is 2.41. The van der Waals surface area contributed by atoms with Crippen LogP contribution in [0, 0.1) is 6.92 Å². The Bertz CT molecular complexity index is 468. The van der Waals surface area contributed by atoms with Gasteiger partial charge >= 0.3 is 0 Å². The number of rotatable bonds is 5. The first-order valence-corrected chi connectivity index (χ1v) is 7.01. The van der Waals surface area contributed by atoms with Crippen molar-refractivity contribution in [1.29, 1.82) is 0 Å². The fourth-order valence-electron chi connectivity index (χ4n) is 1.17. The highest BCUT2D eigenvalue weighted by Gasteiger charge is 2.03. The molecule has 0 aliphatic rings. The Kier molecular flexibility index (Phi) is 4.27. The van der Waals surface area contributed by atoms with Crippen molar-refractivity contribution < 1.29 is 0 Å². The Morgan fingerprint density at radius 3 is 2.82 bits per heavy atom. The van der Waals surface area contributed by atoms with Gasteiger partial charge in [0, 0.05) is 12.3 Å². The van der Waals surface area contributed by atoms with Crippen LogP contribution in [0.15, 0.2) is 16.7 Å². The Morgan fingerprint density at radius 2 is 2.24 bits per heavy atom. The van der Waals surface area contributed by atoms with Crippen LogP contribution in [0.5, 0.6) is 0 Å². The van der Waals surface area contributed by atoms with Gasteiger partial charge < -0.3 is 5.32 Å². The summed E-state index contributed by atoms with van der Waals surface area (Å²) in [6.45, 7) is 4.78. The summed E-state index contributed by atoms with van der Waals surface area (Å²) in [6, 6.07) is 0. The maximum absolute atomic E-state index is 4.33. The number of aryl methyl sites for hydroxylation is 1. The number of nitrogens with zero attached hydrogens (tertiary/aromatic N) is 4. The lowest BCUT2D eigenvalue weighted by molar-refractivity contribution is 1.06. The van der Waals surface area contributed by atoms with Gasteiger partial charge in [0.25, 0.3) is 0 Å². The highest BCUT2D eigenvalue weighted by molar-refractivity contribution is 8.00. The van der Waals surface area contributed by atoms with Crippen LogP contribution < -0.4 is 5.32 Å². The zero-order chi connectivity index (χ0) is 12.1. The molecule has 0 saturated carbocycles. The molecule has 1 N–H and O–H groups in total. The SMILES string of the molecule is CCNc1cnc(CSc2nc(C)ns2)cn1. The number of nitrogens with one attached hydrogen (secondary N) is 1. The zero-order valence-electron chi connectivity index (χ0n) is 9.67. The van der Waals surface area contributed by atoms with Crippen molar-refractivity contribution in [3.8, 4) is 0 Å². The molecule has 0 aliphatic carbocycles. The molecule has 0 unspecified atom stereocenters. The summed E-state index contributed by atoms with van der Waals surface area (Å²) < 4.78 is 5.10. The predicted molar refractivity (Wildman–Crippen MR) is 70.4 cm³/mol. The Hall–Kier alpha value is -1.21. The quantitative estimate of drug-likeness (QED) is 0.839. The molecule has 0 aromatic carbocycles. The maximum atomic E-state index is 4.33. The normalized spacial score (nSPS) is 10.5. The summed E-state index contributed by atoms with van der Waals surface area (Å²) >= 11 is 3.06. The molecule has 0 atom stereocenters. The van der Waals surface area contributed by atoms with Crippen LogP contribution in [0.4, 0.5) is 5.82 Å². The molecule has 2 rings (SSSR count). The molecular formula is C10H13N5S2. The average Bonchev–Trinajstić information content (AvgIpc) is 2.75. The first kappa shape index (κ1) is 12.3. The van der Waals surface area contributed by atoms with Gasteiger partial charge in [-0.1, -0.05) is 11.8 Å². The smallest absolute Gasteiger partial charge is 0.170 e. The minimum absolute atomic E-state index is 0.772. The number of anilines is 1. The largest absolute Gasteiger partial charge is 0.369 e. The van der Waals surface area contributed by atoms with E-state index in [9.17, 15) is 0 Å². The van der Waals surface area contributed by atoms with Crippen LogP contribution in [0.25, 0.3) is 0 Å². The van der Waals surface area contributed by atoms with Crippen LogP contribution in [-0.2, 0) is 5.75 Å². The first-order chi connectivity index (χ1) is 8.28. The van der Waals surface area contributed by atoms with Gasteiger partial charge in [0.2, 0.25) is 0 Å². The second-order valence-electron chi connectivity index (χ2n) is 3.32. The Labute approximate surface area is 108 Å². The van der Waals surface area contributed by atoms with Crippen molar-refractivity contribution in [2.24, 2.45) is 0 Å². The number of thioether (sulfide) groups is 1. The standard InChI is InChI=1S/C10H13N5S2/c1-3-11-9-5-12-8(4-13-9)6-16-10-14-7(2)15-17-10/h4-5H,3,6H2,1-2H3,(H,11,13). The lowest BCUT2D eigenvalue weighted by Gasteiger charge is -2.02. The molecule has 0 spiro atoms. The van der Waals surface area contributed by atoms with E-state index in [0.29, 0.717) is 0 Å². The first-order valence-electron chi connectivity index (χ1n) is 5.26. The molecule has 90 valence electrons. The molecule has 7 heteroatoms. The Balaban J connectivity index is 1.90. The highest BCUT2D eigenvalue weighted by Crippen LogP contribution is 2.23. The molecule has 0 radical (unpaired) electrons. The molecule has 0 aliphatic heterocycles. The van der Waals surface area contributed by atoms with Crippen LogP contribution >= 0.6 is 23.3 Å². The summed E-state index contributed by atoms with van der Waals surface area (Å²) in [5, 5.41) is 3.11. The van der Waals surface area contributed by atoms with Crippen molar-refractivity contribution >= 4 is 29.1 Å². The van der Waals surface area contributed by atoms with Crippen molar-refractivity contribution in [2.75, 3.05) is 11.9 Å².